The van der Waals surface area contributed by atoms with Gasteiger partial charge in [0.2, 0.25) is 0 Å². The first-order valence-corrected chi connectivity index (χ1v) is 17.4. The van der Waals surface area contributed by atoms with Gasteiger partial charge in [-0.3, -0.25) is 4.98 Å². The van der Waals surface area contributed by atoms with Crippen molar-refractivity contribution in [3.8, 4) is 67.7 Å². The molecule has 0 unspecified atom stereocenters. The van der Waals surface area contributed by atoms with Crippen molar-refractivity contribution < 1.29 is 0 Å². The third-order valence-electron chi connectivity index (χ3n) is 9.25. The lowest BCUT2D eigenvalue weighted by Gasteiger charge is -2.18. The first-order chi connectivity index (χ1) is 24.9. The van der Waals surface area contributed by atoms with E-state index in [0.29, 0.717) is 17.5 Å². The normalized spacial score (nSPS) is 11.5. The number of allylic oxidation sites excluding steroid dienone is 2. The average Bonchev–Trinajstić information content (AvgIpc) is 3.18. The molecule has 248 valence electrons. The van der Waals surface area contributed by atoms with Crippen molar-refractivity contribution in [2.24, 2.45) is 0 Å². The van der Waals surface area contributed by atoms with Crippen LogP contribution in [-0.2, 0) is 0 Å². The Morgan fingerprint density at radius 3 is 1.57 bits per heavy atom. The molecule has 0 saturated heterocycles. The Balaban J connectivity index is 1.51. The maximum absolute atomic E-state index is 5.12. The first kappa shape index (κ1) is 33.2. The molecule has 51 heavy (non-hydrogen) atoms. The summed E-state index contributed by atoms with van der Waals surface area (Å²) >= 11 is 0. The van der Waals surface area contributed by atoms with Crippen molar-refractivity contribution in [2.75, 3.05) is 0 Å². The van der Waals surface area contributed by atoms with Gasteiger partial charge in [-0.1, -0.05) is 109 Å². The van der Waals surface area contributed by atoms with Gasteiger partial charge >= 0.3 is 0 Å². The molecule has 0 radical (unpaired) electrons. The highest BCUT2D eigenvalue weighted by atomic mass is 15.0. The van der Waals surface area contributed by atoms with E-state index >= 15 is 0 Å². The van der Waals surface area contributed by atoms with Gasteiger partial charge in [-0.25, -0.2) is 15.0 Å². The molecule has 0 fully saturated rings. The molecule has 0 bridgehead atoms. The molecule has 0 aliphatic heterocycles. The third kappa shape index (κ3) is 7.08. The van der Waals surface area contributed by atoms with E-state index in [2.05, 4.69) is 113 Å². The van der Waals surface area contributed by atoms with Gasteiger partial charge < -0.3 is 0 Å². The molecule has 5 aromatic carbocycles. The molecule has 0 atom stereocenters. The van der Waals surface area contributed by atoms with Gasteiger partial charge in [-0.05, 0) is 122 Å². The second-order valence-electron chi connectivity index (χ2n) is 12.8. The summed E-state index contributed by atoms with van der Waals surface area (Å²) in [5.74, 6) is 1.89. The van der Waals surface area contributed by atoms with E-state index in [1.807, 2.05) is 73.7 Å². The van der Waals surface area contributed by atoms with Crippen LogP contribution in [0.1, 0.15) is 41.8 Å². The standard InChI is InChI=1S/C47H40N4/c1-6-16-36-30-43(42(17-7-2)33(5)32(36)4)40-27-39(37-23-15-24-38(26-37)44-25-14-18-31(3)48-44)28-41(29-40)47-50-45(34-19-10-8-11-20-34)49-46(51-47)35-21-12-9-13-22-35/h6-30H,1-5H3/b16-6-,17-7-. The van der Waals surface area contributed by atoms with Crippen LogP contribution in [0.25, 0.3) is 79.8 Å². The number of hydrogen-bond donors (Lipinski definition) is 0. The molecule has 0 saturated carbocycles. The Kier molecular flexibility index (Phi) is 9.58. The zero-order valence-electron chi connectivity index (χ0n) is 29.7. The van der Waals surface area contributed by atoms with Crippen LogP contribution in [0, 0.1) is 20.8 Å². The van der Waals surface area contributed by atoms with Gasteiger partial charge in [-0.2, -0.15) is 0 Å². The van der Waals surface area contributed by atoms with Crippen LogP contribution in [0.2, 0.25) is 0 Å². The Bertz CT molecular complexity index is 2350. The molecule has 4 nitrogen and oxygen atoms in total. The highest BCUT2D eigenvalue weighted by molar-refractivity contribution is 5.87. The quantitative estimate of drug-likeness (QED) is 0.163. The number of hydrogen-bond acceptors (Lipinski definition) is 4. The molecule has 7 rings (SSSR count). The molecule has 0 N–H and O–H groups in total. The maximum Gasteiger partial charge on any atom is 0.164 e. The summed E-state index contributed by atoms with van der Waals surface area (Å²) in [6, 6.07) is 44.1. The topological polar surface area (TPSA) is 51.6 Å². The number of aryl methyl sites for hydroxylation is 1. The number of aromatic nitrogens is 4. The van der Waals surface area contributed by atoms with E-state index in [9.17, 15) is 0 Å². The van der Waals surface area contributed by atoms with E-state index in [1.54, 1.807) is 0 Å². The Labute approximate surface area is 301 Å². The first-order valence-electron chi connectivity index (χ1n) is 17.4. The lowest BCUT2D eigenvalue weighted by molar-refractivity contribution is 1.07. The summed E-state index contributed by atoms with van der Waals surface area (Å²) in [6.45, 7) is 10.6. The summed E-state index contributed by atoms with van der Waals surface area (Å²) in [4.78, 5) is 20.0. The Hall–Kier alpha value is -6.26. The number of pyridine rings is 1. The fraction of sp³-hybridized carbons (Fsp3) is 0.106. The summed E-state index contributed by atoms with van der Waals surface area (Å²) < 4.78 is 0. The number of benzene rings is 5. The fourth-order valence-electron chi connectivity index (χ4n) is 6.51. The van der Waals surface area contributed by atoms with Gasteiger partial charge in [0.15, 0.2) is 17.5 Å². The molecule has 0 spiro atoms. The average molecular weight is 661 g/mol. The molecular weight excluding hydrogens is 621 g/mol. The highest BCUT2D eigenvalue weighted by Crippen LogP contribution is 2.38. The summed E-state index contributed by atoms with van der Waals surface area (Å²) in [7, 11) is 0. The van der Waals surface area contributed by atoms with Gasteiger partial charge in [0.05, 0.1) is 5.69 Å². The highest BCUT2D eigenvalue weighted by Gasteiger charge is 2.18. The zero-order valence-corrected chi connectivity index (χ0v) is 29.7. The lowest BCUT2D eigenvalue weighted by Crippen LogP contribution is -2.01. The van der Waals surface area contributed by atoms with Gasteiger partial charge in [-0.15, -0.1) is 0 Å². The minimum atomic E-state index is 0.618. The number of rotatable bonds is 8. The van der Waals surface area contributed by atoms with E-state index in [0.717, 1.165) is 55.9 Å². The van der Waals surface area contributed by atoms with Crippen LogP contribution < -0.4 is 0 Å². The van der Waals surface area contributed by atoms with Crippen molar-refractivity contribution in [3.63, 3.8) is 0 Å². The molecule has 2 aromatic heterocycles. The predicted molar refractivity (Wildman–Crippen MR) is 214 cm³/mol. The van der Waals surface area contributed by atoms with Crippen molar-refractivity contribution in [1.29, 1.82) is 0 Å². The largest absolute Gasteiger partial charge is 0.253 e. The Morgan fingerprint density at radius 1 is 0.412 bits per heavy atom. The van der Waals surface area contributed by atoms with Crippen LogP contribution >= 0.6 is 0 Å². The molecule has 0 aliphatic carbocycles. The van der Waals surface area contributed by atoms with Crippen LogP contribution in [0.5, 0.6) is 0 Å². The van der Waals surface area contributed by atoms with Gasteiger partial charge in [0, 0.05) is 27.9 Å². The molecule has 4 heteroatoms. The minimum absolute atomic E-state index is 0.618. The van der Waals surface area contributed by atoms with Crippen molar-refractivity contribution in [2.45, 2.75) is 34.6 Å². The van der Waals surface area contributed by atoms with Gasteiger partial charge in [0.1, 0.15) is 0 Å². The monoisotopic (exact) mass is 660 g/mol. The fourth-order valence-corrected chi connectivity index (χ4v) is 6.51. The van der Waals surface area contributed by atoms with Crippen LogP contribution in [0.15, 0.2) is 140 Å². The zero-order chi connectivity index (χ0) is 35.3. The molecule has 0 amide bonds. The summed E-state index contributed by atoms with van der Waals surface area (Å²) in [6.07, 6.45) is 8.64. The van der Waals surface area contributed by atoms with Crippen molar-refractivity contribution in [3.05, 3.63) is 167 Å². The van der Waals surface area contributed by atoms with Crippen molar-refractivity contribution >= 4 is 12.2 Å². The second-order valence-corrected chi connectivity index (χ2v) is 12.8. The molecule has 0 aliphatic rings. The SMILES string of the molecule is C/C=C\c1cc(-c2cc(-c3cccc(-c4cccc(C)n4)c3)cc(-c3nc(-c4ccccc4)nc(-c4ccccc4)n3)c2)c(/C=C\C)c(C)c1C. The van der Waals surface area contributed by atoms with E-state index < -0.39 is 0 Å². The molecular formula is C47H40N4. The van der Waals surface area contributed by atoms with E-state index in [4.69, 9.17) is 19.9 Å². The molecule has 7 aromatic rings. The van der Waals surface area contributed by atoms with Crippen LogP contribution in [0.4, 0.5) is 0 Å². The van der Waals surface area contributed by atoms with Crippen LogP contribution in [0.3, 0.4) is 0 Å². The second kappa shape index (κ2) is 14.7. The summed E-state index contributed by atoms with van der Waals surface area (Å²) in [5, 5.41) is 0. The van der Waals surface area contributed by atoms with E-state index in [-0.39, 0.29) is 0 Å². The predicted octanol–water partition coefficient (Wildman–Crippen LogP) is 12.3. The third-order valence-corrected chi connectivity index (χ3v) is 9.25. The van der Waals surface area contributed by atoms with Crippen molar-refractivity contribution in [1.82, 2.24) is 19.9 Å². The number of nitrogens with zero attached hydrogens (tertiary/aromatic N) is 4. The molecule has 2 heterocycles. The maximum atomic E-state index is 5.12. The Morgan fingerprint density at radius 2 is 0.941 bits per heavy atom. The van der Waals surface area contributed by atoms with E-state index in [1.165, 1.54) is 22.3 Å². The smallest absolute Gasteiger partial charge is 0.164 e. The minimum Gasteiger partial charge on any atom is -0.253 e. The lowest BCUT2D eigenvalue weighted by atomic mass is 9.87. The van der Waals surface area contributed by atoms with Crippen LogP contribution in [-0.4, -0.2) is 19.9 Å². The summed E-state index contributed by atoms with van der Waals surface area (Å²) in [5.41, 5.74) is 15.1. The van der Waals surface area contributed by atoms with Gasteiger partial charge in [0.25, 0.3) is 0 Å².